The number of carbonyl (C=O) groups excluding carboxylic acids is 4. The first-order valence-corrected chi connectivity index (χ1v) is 11.2. The maximum atomic E-state index is 13.1. The van der Waals surface area contributed by atoms with Crippen LogP contribution in [-0.2, 0) is 14.3 Å². The largest absolute Gasteiger partial charge is 0.451 e. The third-order valence-electron chi connectivity index (χ3n) is 7.23. The summed E-state index contributed by atoms with van der Waals surface area (Å²) < 4.78 is 5.36. The minimum absolute atomic E-state index is 0.142. The van der Waals surface area contributed by atoms with Crippen molar-refractivity contribution in [2.45, 2.75) is 33.3 Å². The molecule has 0 N–H and O–H groups in total. The molecule has 168 valence electrons. The van der Waals surface area contributed by atoms with Crippen LogP contribution in [0, 0.1) is 30.6 Å². The fraction of sp³-hybridized carbons (Fsp3) is 0.333. The quantitative estimate of drug-likeness (QED) is 0.301. The molecule has 6 heteroatoms. The Bertz CT molecular complexity index is 1190. The average Bonchev–Trinajstić information content (AvgIpc) is 3.44. The topological polar surface area (TPSA) is 80.8 Å². The fourth-order valence-corrected chi connectivity index (χ4v) is 5.51. The second-order valence-electron chi connectivity index (χ2n) is 9.30. The van der Waals surface area contributed by atoms with Crippen LogP contribution in [0.5, 0.6) is 0 Å². The highest BCUT2D eigenvalue weighted by atomic mass is 16.5. The monoisotopic (exact) mass is 443 g/mol. The number of ether oxygens (including phenoxy) is 1. The molecule has 1 heterocycles. The lowest BCUT2D eigenvalue weighted by molar-refractivity contribution is -0.123. The molecule has 6 nitrogen and oxygen atoms in total. The van der Waals surface area contributed by atoms with Crippen molar-refractivity contribution in [3.8, 4) is 0 Å². The zero-order chi connectivity index (χ0) is 23.4. The average molecular weight is 443 g/mol. The van der Waals surface area contributed by atoms with Crippen LogP contribution in [0.3, 0.4) is 0 Å². The summed E-state index contributed by atoms with van der Waals surface area (Å²) in [6.45, 7) is 5.50. The normalized spacial score (nSPS) is 26.3. The highest BCUT2D eigenvalue weighted by molar-refractivity contribution is 6.23. The van der Waals surface area contributed by atoms with Crippen molar-refractivity contribution in [2.24, 2.45) is 23.7 Å². The first kappa shape index (κ1) is 21.3. The van der Waals surface area contributed by atoms with E-state index in [1.807, 2.05) is 26.0 Å². The number of imide groups is 1. The predicted molar refractivity (Wildman–Crippen MR) is 122 cm³/mol. The number of hydrogen-bond acceptors (Lipinski definition) is 5. The van der Waals surface area contributed by atoms with Gasteiger partial charge in [-0.05, 0) is 63.3 Å². The van der Waals surface area contributed by atoms with Crippen molar-refractivity contribution < 1.29 is 23.9 Å². The van der Waals surface area contributed by atoms with E-state index in [0.29, 0.717) is 11.3 Å². The molecule has 5 rings (SSSR count). The first-order valence-electron chi connectivity index (χ1n) is 11.2. The summed E-state index contributed by atoms with van der Waals surface area (Å²) in [7, 11) is 0. The van der Waals surface area contributed by atoms with Gasteiger partial charge < -0.3 is 4.74 Å². The van der Waals surface area contributed by atoms with E-state index >= 15 is 0 Å². The summed E-state index contributed by atoms with van der Waals surface area (Å²) in [4.78, 5) is 52.5. The summed E-state index contributed by atoms with van der Waals surface area (Å²) in [5.74, 6) is -1.48. The van der Waals surface area contributed by atoms with E-state index < -0.39 is 12.1 Å². The van der Waals surface area contributed by atoms with Crippen LogP contribution in [0.15, 0.2) is 60.2 Å². The molecule has 5 atom stereocenters. The van der Waals surface area contributed by atoms with Crippen molar-refractivity contribution in [3.05, 3.63) is 76.9 Å². The summed E-state index contributed by atoms with van der Waals surface area (Å²) in [5.41, 5.74) is 3.42. The molecule has 2 amide bonds. The SMILES string of the molecule is CC1=C[C@H]2C[C@H]1[C@@H]1C(=O)N(c3ccc(C(=O)O[C@@H](C)C(=O)c4ccc(C)cc4)cc3)C(=O)[C@H]12. The zero-order valence-corrected chi connectivity index (χ0v) is 18.8. The number of anilines is 1. The Balaban J connectivity index is 1.28. The molecule has 1 aliphatic heterocycles. The number of hydrogen-bond donors (Lipinski definition) is 0. The molecule has 33 heavy (non-hydrogen) atoms. The number of carbonyl (C=O) groups is 4. The van der Waals surface area contributed by atoms with Gasteiger partial charge in [-0.1, -0.05) is 41.5 Å². The summed E-state index contributed by atoms with van der Waals surface area (Å²) >= 11 is 0. The number of rotatable bonds is 5. The molecule has 1 saturated heterocycles. The van der Waals surface area contributed by atoms with E-state index in [9.17, 15) is 19.2 Å². The molecule has 0 aromatic heterocycles. The first-order chi connectivity index (χ1) is 15.8. The van der Waals surface area contributed by atoms with Crippen LogP contribution in [0.1, 0.15) is 46.5 Å². The van der Waals surface area contributed by atoms with Gasteiger partial charge in [0.05, 0.1) is 23.1 Å². The van der Waals surface area contributed by atoms with E-state index in [4.69, 9.17) is 4.74 Å². The number of fused-ring (bicyclic) bond motifs is 5. The number of esters is 1. The van der Waals surface area contributed by atoms with Crippen LogP contribution in [0.4, 0.5) is 5.69 Å². The van der Waals surface area contributed by atoms with Crippen LogP contribution < -0.4 is 4.90 Å². The Hall–Kier alpha value is -3.54. The number of Topliss-reactive ketones (excluding diaryl/α,β-unsaturated/α-hetero) is 1. The van der Waals surface area contributed by atoms with Crippen molar-refractivity contribution in [1.82, 2.24) is 0 Å². The molecule has 2 aromatic carbocycles. The molecule has 2 aromatic rings. The molecular weight excluding hydrogens is 418 g/mol. The minimum atomic E-state index is -0.938. The Morgan fingerprint density at radius 3 is 2.18 bits per heavy atom. The van der Waals surface area contributed by atoms with Gasteiger partial charge in [-0.25, -0.2) is 4.79 Å². The Kier molecular flexibility index (Phi) is 5.04. The molecule has 2 bridgehead atoms. The Morgan fingerprint density at radius 2 is 1.52 bits per heavy atom. The fourth-order valence-electron chi connectivity index (χ4n) is 5.51. The van der Waals surface area contributed by atoms with Crippen LogP contribution in [0.25, 0.3) is 0 Å². The maximum Gasteiger partial charge on any atom is 0.338 e. The highest BCUT2D eigenvalue weighted by Gasteiger charge is 2.60. The summed E-state index contributed by atoms with van der Waals surface area (Å²) in [6.07, 6.45) is 2.09. The lowest BCUT2D eigenvalue weighted by atomic mass is 9.82. The lowest BCUT2D eigenvalue weighted by Crippen LogP contribution is -2.33. The Morgan fingerprint density at radius 1 is 0.909 bits per heavy atom. The van der Waals surface area contributed by atoms with E-state index in [0.717, 1.165) is 12.0 Å². The molecule has 2 aliphatic carbocycles. The number of ketones is 1. The number of amides is 2. The van der Waals surface area contributed by atoms with Crippen molar-refractivity contribution >= 4 is 29.3 Å². The van der Waals surface area contributed by atoms with Gasteiger partial charge in [0.15, 0.2) is 6.10 Å². The van der Waals surface area contributed by atoms with Crippen LogP contribution >= 0.6 is 0 Å². The van der Waals surface area contributed by atoms with E-state index in [2.05, 4.69) is 6.08 Å². The second-order valence-corrected chi connectivity index (χ2v) is 9.30. The number of allylic oxidation sites excluding steroid dienone is 2. The number of benzene rings is 2. The smallest absolute Gasteiger partial charge is 0.338 e. The lowest BCUT2D eigenvalue weighted by Gasteiger charge is -2.19. The van der Waals surface area contributed by atoms with Gasteiger partial charge in [0, 0.05) is 5.56 Å². The number of aryl methyl sites for hydroxylation is 1. The maximum absolute atomic E-state index is 13.1. The molecular formula is C27H25NO5. The van der Waals surface area contributed by atoms with Crippen LogP contribution in [0.2, 0.25) is 0 Å². The third-order valence-corrected chi connectivity index (χ3v) is 7.23. The van der Waals surface area contributed by atoms with Crippen LogP contribution in [-0.4, -0.2) is 29.7 Å². The Labute approximate surface area is 192 Å². The third kappa shape index (κ3) is 3.41. The van der Waals surface area contributed by atoms with Gasteiger partial charge in [0.2, 0.25) is 17.6 Å². The summed E-state index contributed by atoms with van der Waals surface area (Å²) in [6, 6.07) is 13.3. The molecule has 2 fully saturated rings. The van der Waals surface area contributed by atoms with E-state index in [1.54, 1.807) is 31.2 Å². The second kappa shape index (κ2) is 7.80. The van der Waals surface area contributed by atoms with Crippen molar-refractivity contribution in [1.29, 1.82) is 0 Å². The van der Waals surface area contributed by atoms with Crippen molar-refractivity contribution in [3.63, 3.8) is 0 Å². The molecule has 3 aliphatic rings. The molecule has 1 saturated carbocycles. The number of nitrogens with zero attached hydrogens (tertiary/aromatic N) is 1. The van der Waals surface area contributed by atoms with Gasteiger partial charge in [-0.3, -0.25) is 19.3 Å². The van der Waals surface area contributed by atoms with Gasteiger partial charge in [-0.2, -0.15) is 0 Å². The zero-order valence-electron chi connectivity index (χ0n) is 18.8. The molecule has 0 radical (unpaired) electrons. The van der Waals surface area contributed by atoms with Gasteiger partial charge in [-0.15, -0.1) is 0 Å². The van der Waals surface area contributed by atoms with Crippen molar-refractivity contribution in [2.75, 3.05) is 4.90 Å². The predicted octanol–water partition coefficient (Wildman–Crippen LogP) is 4.12. The molecule has 0 unspecified atom stereocenters. The summed E-state index contributed by atoms with van der Waals surface area (Å²) in [5, 5.41) is 0. The highest BCUT2D eigenvalue weighted by Crippen LogP contribution is 2.55. The minimum Gasteiger partial charge on any atom is -0.451 e. The standard InChI is InChI=1S/C27H25NO5/c1-14-4-6-17(7-5-14)24(29)16(3)33-27(32)18-8-10-20(11-9-18)28-25(30)22-19-12-15(2)21(13-19)23(22)26(28)31/h4-12,16,19,21-23H,13H2,1-3H3/t16-,19-,21+,22-,23-/m0/s1. The van der Waals surface area contributed by atoms with Gasteiger partial charge >= 0.3 is 5.97 Å². The van der Waals surface area contributed by atoms with E-state index in [1.165, 1.54) is 22.6 Å². The molecule has 0 spiro atoms. The van der Waals surface area contributed by atoms with E-state index in [-0.39, 0.29) is 46.8 Å². The van der Waals surface area contributed by atoms with Gasteiger partial charge in [0.25, 0.3) is 0 Å². The van der Waals surface area contributed by atoms with Gasteiger partial charge in [0.1, 0.15) is 0 Å².